The van der Waals surface area contributed by atoms with Gasteiger partial charge in [-0.05, 0) is 43.5 Å². The van der Waals surface area contributed by atoms with Gasteiger partial charge in [0.2, 0.25) is 0 Å². The maximum absolute atomic E-state index is 11.5. The van der Waals surface area contributed by atoms with Crippen molar-refractivity contribution in [3.05, 3.63) is 36.1 Å². The van der Waals surface area contributed by atoms with Gasteiger partial charge in [0, 0.05) is 11.9 Å². The molecule has 0 radical (unpaired) electrons. The molecule has 19 heavy (non-hydrogen) atoms. The summed E-state index contributed by atoms with van der Waals surface area (Å²) in [6, 6.07) is 5.14. The molecule has 0 saturated heterocycles. The van der Waals surface area contributed by atoms with Crippen molar-refractivity contribution in [1.29, 1.82) is 0 Å². The fourth-order valence-electron chi connectivity index (χ4n) is 1.98. The first-order chi connectivity index (χ1) is 8.97. The van der Waals surface area contributed by atoms with E-state index in [0.29, 0.717) is 11.4 Å². The quantitative estimate of drug-likeness (QED) is 0.921. The second-order valence-electron chi connectivity index (χ2n) is 4.84. The number of ether oxygens (including phenoxy) is 1. The first-order valence-corrected chi connectivity index (χ1v) is 8.21. The lowest BCUT2D eigenvalue weighted by atomic mass is 10.1. The van der Waals surface area contributed by atoms with E-state index < -0.39 is 9.84 Å². The molecule has 1 aromatic rings. The van der Waals surface area contributed by atoms with E-state index in [1.807, 2.05) is 19.1 Å². The van der Waals surface area contributed by atoms with E-state index in [1.54, 1.807) is 18.4 Å². The van der Waals surface area contributed by atoms with Crippen LogP contribution in [0.4, 0.5) is 5.69 Å². The topological polar surface area (TPSA) is 55.4 Å². The monoisotopic (exact) mass is 281 g/mol. The standard InChI is InChI=1S/C14H19NO3S/c1-11-6-7-13(19(2,16)17)9-14(11)15-10-12-5-3-4-8-18-12/h4,6-9,12,15H,3,5,10H2,1-2H3. The van der Waals surface area contributed by atoms with Gasteiger partial charge in [-0.1, -0.05) is 6.07 Å². The van der Waals surface area contributed by atoms with Crippen LogP contribution in [0.2, 0.25) is 0 Å². The van der Waals surface area contributed by atoms with Gasteiger partial charge in [-0.25, -0.2) is 8.42 Å². The molecule has 1 atom stereocenters. The maximum atomic E-state index is 11.5. The van der Waals surface area contributed by atoms with Crippen LogP contribution >= 0.6 is 0 Å². The van der Waals surface area contributed by atoms with Crippen molar-refractivity contribution in [3.8, 4) is 0 Å². The van der Waals surface area contributed by atoms with Crippen LogP contribution in [0.25, 0.3) is 0 Å². The molecule has 0 saturated carbocycles. The lowest BCUT2D eigenvalue weighted by Crippen LogP contribution is -2.23. The second-order valence-corrected chi connectivity index (χ2v) is 6.85. The van der Waals surface area contributed by atoms with Crippen LogP contribution in [0.5, 0.6) is 0 Å². The van der Waals surface area contributed by atoms with E-state index in [4.69, 9.17) is 4.74 Å². The molecule has 0 fully saturated rings. The number of rotatable bonds is 4. The number of hydrogen-bond acceptors (Lipinski definition) is 4. The summed E-state index contributed by atoms with van der Waals surface area (Å²) in [4.78, 5) is 0.338. The van der Waals surface area contributed by atoms with Crippen molar-refractivity contribution in [2.45, 2.75) is 30.8 Å². The van der Waals surface area contributed by atoms with E-state index in [0.717, 1.165) is 24.1 Å². The molecule has 1 aromatic carbocycles. The summed E-state index contributed by atoms with van der Waals surface area (Å²) in [5.41, 5.74) is 1.87. The summed E-state index contributed by atoms with van der Waals surface area (Å²) in [6.07, 6.45) is 7.10. The Hall–Kier alpha value is -1.49. The number of hydrogen-bond donors (Lipinski definition) is 1. The first-order valence-electron chi connectivity index (χ1n) is 6.32. The van der Waals surface area contributed by atoms with Gasteiger partial charge in [0.1, 0.15) is 6.10 Å². The molecule has 0 spiro atoms. The zero-order valence-corrected chi connectivity index (χ0v) is 12.0. The van der Waals surface area contributed by atoms with E-state index in [2.05, 4.69) is 5.32 Å². The minimum absolute atomic E-state index is 0.145. The molecule has 0 amide bonds. The van der Waals surface area contributed by atoms with Crippen LogP contribution < -0.4 is 5.32 Å². The van der Waals surface area contributed by atoms with Crippen molar-refractivity contribution < 1.29 is 13.2 Å². The zero-order valence-electron chi connectivity index (χ0n) is 11.2. The van der Waals surface area contributed by atoms with Crippen LogP contribution in [0.1, 0.15) is 18.4 Å². The van der Waals surface area contributed by atoms with Crippen LogP contribution in [0, 0.1) is 6.92 Å². The van der Waals surface area contributed by atoms with Crippen LogP contribution in [-0.2, 0) is 14.6 Å². The van der Waals surface area contributed by atoms with Crippen LogP contribution in [0.15, 0.2) is 35.4 Å². The summed E-state index contributed by atoms with van der Waals surface area (Å²) in [5, 5.41) is 3.27. The van der Waals surface area contributed by atoms with Gasteiger partial charge in [-0.3, -0.25) is 0 Å². The SMILES string of the molecule is Cc1ccc(S(C)(=O)=O)cc1NCC1CCC=CO1. The summed E-state index contributed by atoms with van der Waals surface area (Å²) in [5.74, 6) is 0. The third kappa shape index (κ3) is 3.73. The second kappa shape index (κ2) is 5.65. The molecule has 1 aliphatic rings. The summed E-state index contributed by atoms with van der Waals surface area (Å²) < 4.78 is 28.6. The minimum Gasteiger partial charge on any atom is -0.497 e. The van der Waals surface area contributed by atoms with Crippen LogP contribution in [-0.4, -0.2) is 27.3 Å². The molecule has 1 unspecified atom stereocenters. The largest absolute Gasteiger partial charge is 0.497 e. The molecule has 0 aliphatic carbocycles. The Labute approximate surface area is 114 Å². The van der Waals surface area contributed by atoms with Gasteiger partial charge in [-0.2, -0.15) is 0 Å². The maximum Gasteiger partial charge on any atom is 0.175 e. The fourth-order valence-corrected chi connectivity index (χ4v) is 2.63. The molecule has 2 rings (SSSR count). The Morgan fingerprint density at radius 1 is 1.42 bits per heavy atom. The highest BCUT2D eigenvalue weighted by Crippen LogP contribution is 2.21. The molecular formula is C14H19NO3S. The highest BCUT2D eigenvalue weighted by molar-refractivity contribution is 7.90. The molecule has 1 N–H and O–H groups in total. The Morgan fingerprint density at radius 3 is 2.84 bits per heavy atom. The molecular weight excluding hydrogens is 262 g/mol. The predicted molar refractivity (Wildman–Crippen MR) is 76.0 cm³/mol. The van der Waals surface area contributed by atoms with Gasteiger partial charge in [0.15, 0.2) is 9.84 Å². The Morgan fingerprint density at radius 2 is 2.21 bits per heavy atom. The molecule has 104 valence electrons. The highest BCUT2D eigenvalue weighted by Gasteiger charge is 2.13. The van der Waals surface area contributed by atoms with Gasteiger partial charge in [0.25, 0.3) is 0 Å². The van der Waals surface area contributed by atoms with E-state index >= 15 is 0 Å². The summed E-state index contributed by atoms with van der Waals surface area (Å²) in [6.45, 7) is 2.63. The Balaban J connectivity index is 2.09. The molecule has 4 nitrogen and oxygen atoms in total. The van der Waals surface area contributed by atoms with E-state index in [1.165, 1.54) is 6.26 Å². The number of sulfone groups is 1. The van der Waals surface area contributed by atoms with Crippen LogP contribution in [0.3, 0.4) is 0 Å². The number of nitrogens with one attached hydrogen (secondary N) is 1. The average molecular weight is 281 g/mol. The van der Waals surface area contributed by atoms with Crippen molar-refractivity contribution in [2.24, 2.45) is 0 Å². The van der Waals surface area contributed by atoms with Crippen molar-refractivity contribution in [1.82, 2.24) is 0 Å². The first kappa shape index (κ1) is 13.9. The Bertz CT molecular complexity index is 578. The van der Waals surface area contributed by atoms with Gasteiger partial charge in [0.05, 0.1) is 17.7 Å². The van der Waals surface area contributed by atoms with Crippen molar-refractivity contribution in [2.75, 3.05) is 18.1 Å². The predicted octanol–water partition coefficient (Wildman–Crippen LogP) is 2.50. The lowest BCUT2D eigenvalue weighted by molar-refractivity contribution is 0.135. The van der Waals surface area contributed by atoms with Gasteiger partial charge in [-0.15, -0.1) is 0 Å². The van der Waals surface area contributed by atoms with Crippen molar-refractivity contribution in [3.63, 3.8) is 0 Å². The lowest BCUT2D eigenvalue weighted by Gasteiger charge is -2.21. The number of aryl methyl sites for hydroxylation is 1. The number of allylic oxidation sites excluding steroid dienone is 1. The number of anilines is 1. The summed E-state index contributed by atoms with van der Waals surface area (Å²) >= 11 is 0. The Kier molecular flexibility index (Phi) is 4.14. The third-order valence-corrected chi connectivity index (χ3v) is 4.29. The number of benzene rings is 1. The smallest absolute Gasteiger partial charge is 0.175 e. The molecule has 0 bridgehead atoms. The van der Waals surface area contributed by atoms with Crippen molar-refractivity contribution >= 4 is 15.5 Å². The zero-order chi connectivity index (χ0) is 13.9. The van der Waals surface area contributed by atoms with E-state index in [-0.39, 0.29) is 6.10 Å². The normalized spacial score (nSPS) is 18.9. The third-order valence-electron chi connectivity index (χ3n) is 3.18. The van der Waals surface area contributed by atoms with Gasteiger partial charge >= 0.3 is 0 Å². The molecule has 0 aromatic heterocycles. The average Bonchev–Trinajstić information content (AvgIpc) is 2.37. The van der Waals surface area contributed by atoms with E-state index in [9.17, 15) is 8.42 Å². The molecule has 1 aliphatic heterocycles. The fraction of sp³-hybridized carbons (Fsp3) is 0.429. The minimum atomic E-state index is -3.17. The molecule has 5 heteroatoms. The van der Waals surface area contributed by atoms with Gasteiger partial charge < -0.3 is 10.1 Å². The summed E-state index contributed by atoms with van der Waals surface area (Å²) in [7, 11) is -3.17. The molecule has 1 heterocycles. The highest BCUT2D eigenvalue weighted by atomic mass is 32.2.